The smallest absolute Gasteiger partial charge is 0.250 e. The van der Waals surface area contributed by atoms with Gasteiger partial charge in [0.25, 0.3) is 0 Å². The Morgan fingerprint density at radius 2 is 2.04 bits per heavy atom. The topological polar surface area (TPSA) is 76.0 Å². The Labute approximate surface area is 144 Å². The van der Waals surface area contributed by atoms with E-state index in [0.717, 1.165) is 27.8 Å². The minimum Gasteiger partial charge on any atom is -0.326 e. The molecule has 0 radical (unpaired) electrons. The molecule has 126 valence electrons. The van der Waals surface area contributed by atoms with Gasteiger partial charge in [-0.25, -0.2) is 4.98 Å². The molecule has 1 unspecified atom stereocenters. The van der Waals surface area contributed by atoms with Crippen molar-refractivity contribution in [2.24, 2.45) is 0 Å². The number of carbonyl (C=O) groups is 2. The summed E-state index contributed by atoms with van der Waals surface area (Å²) in [6.07, 6.45) is 0.0620. The van der Waals surface area contributed by atoms with E-state index >= 15 is 0 Å². The minimum absolute atomic E-state index is 0.0620. The lowest BCUT2D eigenvalue weighted by Crippen LogP contribution is -2.23. The molecule has 1 aromatic heterocycles. The molecule has 0 aliphatic carbocycles. The Hall–Kier alpha value is -3.15. The number of imidazole rings is 1. The van der Waals surface area contributed by atoms with E-state index in [1.807, 2.05) is 56.3 Å². The molecule has 0 bridgehead atoms. The molecular weight excluding hydrogens is 316 g/mol. The first-order valence-electron chi connectivity index (χ1n) is 8.18. The normalized spacial score (nSPS) is 15.9. The van der Waals surface area contributed by atoms with E-state index in [0.29, 0.717) is 5.95 Å². The lowest BCUT2D eigenvalue weighted by Gasteiger charge is -2.13. The standard InChI is InChI=1S/C19H18N4O2/c1-11-7-8-13(12(2)9-11)20-17(24)10-16-18(25)22-19-21-14-5-3-4-6-15(14)23(16)19/h3-9,16H,10H2,1-2H3,(H,20,24)(H,21,22,25). The summed E-state index contributed by atoms with van der Waals surface area (Å²) < 4.78 is 1.80. The number of anilines is 2. The molecule has 1 atom stereocenters. The summed E-state index contributed by atoms with van der Waals surface area (Å²) in [5, 5.41) is 5.66. The number of nitrogens with zero attached hydrogens (tertiary/aromatic N) is 2. The molecule has 2 N–H and O–H groups in total. The summed E-state index contributed by atoms with van der Waals surface area (Å²) in [6.45, 7) is 3.96. The van der Waals surface area contributed by atoms with Gasteiger partial charge in [-0.2, -0.15) is 0 Å². The van der Waals surface area contributed by atoms with Crippen molar-refractivity contribution in [1.29, 1.82) is 0 Å². The summed E-state index contributed by atoms with van der Waals surface area (Å²) in [5.74, 6) is 0.0947. The quantitative estimate of drug-likeness (QED) is 0.772. The maximum Gasteiger partial charge on any atom is 0.250 e. The first kappa shape index (κ1) is 15.4. The fourth-order valence-electron chi connectivity index (χ4n) is 3.27. The molecule has 0 spiro atoms. The Morgan fingerprint density at radius 3 is 2.84 bits per heavy atom. The molecule has 0 saturated carbocycles. The van der Waals surface area contributed by atoms with Crippen molar-refractivity contribution in [2.75, 3.05) is 10.6 Å². The van der Waals surface area contributed by atoms with Crippen LogP contribution in [0.15, 0.2) is 42.5 Å². The molecule has 1 aliphatic rings. The highest BCUT2D eigenvalue weighted by Crippen LogP contribution is 2.32. The Kier molecular flexibility index (Phi) is 3.53. The number of fused-ring (bicyclic) bond motifs is 3. The highest BCUT2D eigenvalue weighted by molar-refractivity contribution is 6.03. The molecule has 25 heavy (non-hydrogen) atoms. The van der Waals surface area contributed by atoms with Crippen LogP contribution in [0, 0.1) is 13.8 Å². The van der Waals surface area contributed by atoms with E-state index in [-0.39, 0.29) is 18.2 Å². The summed E-state index contributed by atoms with van der Waals surface area (Å²) in [4.78, 5) is 29.2. The molecule has 2 heterocycles. The van der Waals surface area contributed by atoms with Crippen molar-refractivity contribution in [3.05, 3.63) is 53.6 Å². The van der Waals surface area contributed by atoms with Crippen LogP contribution < -0.4 is 10.6 Å². The largest absolute Gasteiger partial charge is 0.326 e. The van der Waals surface area contributed by atoms with Crippen LogP contribution in [-0.2, 0) is 9.59 Å². The number of hydrogen-bond acceptors (Lipinski definition) is 3. The van der Waals surface area contributed by atoms with Gasteiger partial charge in [-0.15, -0.1) is 0 Å². The van der Waals surface area contributed by atoms with Gasteiger partial charge in [0.1, 0.15) is 6.04 Å². The van der Waals surface area contributed by atoms with Gasteiger partial charge >= 0.3 is 0 Å². The third-order valence-electron chi connectivity index (χ3n) is 4.48. The Bertz CT molecular complexity index is 1010. The molecule has 0 fully saturated rings. The van der Waals surface area contributed by atoms with Crippen molar-refractivity contribution in [2.45, 2.75) is 26.3 Å². The Morgan fingerprint density at radius 1 is 1.24 bits per heavy atom. The van der Waals surface area contributed by atoms with Gasteiger partial charge in [0.05, 0.1) is 17.5 Å². The molecule has 4 rings (SSSR count). The zero-order chi connectivity index (χ0) is 17.6. The minimum atomic E-state index is -0.590. The second-order valence-electron chi connectivity index (χ2n) is 6.37. The number of carbonyl (C=O) groups excluding carboxylic acids is 2. The number of aromatic nitrogens is 2. The first-order valence-corrected chi connectivity index (χ1v) is 8.18. The number of rotatable bonds is 3. The molecule has 2 amide bonds. The summed E-state index contributed by atoms with van der Waals surface area (Å²) in [6, 6.07) is 12.8. The van der Waals surface area contributed by atoms with Gasteiger partial charge in [-0.1, -0.05) is 29.8 Å². The zero-order valence-electron chi connectivity index (χ0n) is 14.0. The van der Waals surface area contributed by atoms with Gasteiger partial charge in [0.15, 0.2) is 0 Å². The predicted octanol–water partition coefficient (Wildman–Crippen LogP) is 3.18. The fourth-order valence-corrected chi connectivity index (χ4v) is 3.27. The van der Waals surface area contributed by atoms with E-state index in [1.165, 1.54) is 0 Å². The summed E-state index contributed by atoms with van der Waals surface area (Å²) >= 11 is 0. The van der Waals surface area contributed by atoms with Crippen LogP contribution >= 0.6 is 0 Å². The molecule has 6 nitrogen and oxygen atoms in total. The SMILES string of the molecule is Cc1ccc(NC(=O)CC2C(=O)Nc3nc4ccccc4n32)c(C)c1. The first-order chi connectivity index (χ1) is 12.0. The summed E-state index contributed by atoms with van der Waals surface area (Å²) in [5.41, 5.74) is 4.56. The number of para-hydroxylation sites is 2. The van der Waals surface area contributed by atoms with E-state index in [2.05, 4.69) is 15.6 Å². The average Bonchev–Trinajstić information content (AvgIpc) is 3.06. The predicted molar refractivity (Wildman–Crippen MR) is 96.6 cm³/mol. The van der Waals surface area contributed by atoms with Crippen LogP contribution in [0.25, 0.3) is 11.0 Å². The monoisotopic (exact) mass is 334 g/mol. The van der Waals surface area contributed by atoms with Crippen LogP contribution in [0.1, 0.15) is 23.6 Å². The zero-order valence-corrected chi connectivity index (χ0v) is 14.0. The second kappa shape index (κ2) is 5.73. The number of nitrogens with one attached hydrogen (secondary N) is 2. The van der Waals surface area contributed by atoms with Crippen molar-refractivity contribution in [3.8, 4) is 0 Å². The van der Waals surface area contributed by atoms with Gasteiger partial charge in [-0.05, 0) is 37.6 Å². The van der Waals surface area contributed by atoms with Gasteiger partial charge in [0, 0.05) is 5.69 Å². The molecule has 1 aliphatic heterocycles. The molecule has 2 aromatic carbocycles. The fraction of sp³-hybridized carbons (Fsp3) is 0.211. The lowest BCUT2D eigenvalue weighted by atomic mass is 10.1. The van der Waals surface area contributed by atoms with E-state index in [1.54, 1.807) is 4.57 Å². The van der Waals surface area contributed by atoms with E-state index < -0.39 is 6.04 Å². The van der Waals surface area contributed by atoms with Crippen molar-refractivity contribution < 1.29 is 9.59 Å². The maximum absolute atomic E-state index is 12.5. The van der Waals surface area contributed by atoms with Crippen LogP contribution in [0.3, 0.4) is 0 Å². The lowest BCUT2D eigenvalue weighted by molar-refractivity contribution is -0.123. The van der Waals surface area contributed by atoms with Crippen molar-refractivity contribution >= 4 is 34.5 Å². The number of amides is 2. The average molecular weight is 334 g/mol. The number of benzene rings is 2. The molecule has 6 heteroatoms. The van der Waals surface area contributed by atoms with Gasteiger partial charge in [0.2, 0.25) is 17.8 Å². The molecule has 0 saturated heterocycles. The van der Waals surface area contributed by atoms with Gasteiger partial charge < -0.3 is 5.32 Å². The third kappa shape index (κ3) is 2.65. The van der Waals surface area contributed by atoms with Crippen molar-refractivity contribution in [1.82, 2.24) is 9.55 Å². The van der Waals surface area contributed by atoms with E-state index in [4.69, 9.17) is 0 Å². The second-order valence-corrected chi connectivity index (χ2v) is 6.37. The van der Waals surface area contributed by atoms with Crippen LogP contribution in [0.4, 0.5) is 11.6 Å². The highest BCUT2D eigenvalue weighted by atomic mass is 16.2. The van der Waals surface area contributed by atoms with Crippen LogP contribution in [0.5, 0.6) is 0 Å². The van der Waals surface area contributed by atoms with Crippen LogP contribution in [0.2, 0.25) is 0 Å². The highest BCUT2D eigenvalue weighted by Gasteiger charge is 2.34. The Balaban J connectivity index is 1.59. The number of aryl methyl sites for hydroxylation is 2. The summed E-state index contributed by atoms with van der Waals surface area (Å²) in [7, 11) is 0. The van der Waals surface area contributed by atoms with E-state index in [9.17, 15) is 9.59 Å². The maximum atomic E-state index is 12.5. The number of hydrogen-bond donors (Lipinski definition) is 2. The van der Waals surface area contributed by atoms with Gasteiger partial charge in [-0.3, -0.25) is 19.5 Å². The van der Waals surface area contributed by atoms with Crippen molar-refractivity contribution in [3.63, 3.8) is 0 Å². The third-order valence-corrected chi connectivity index (χ3v) is 4.48. The molecular formula is C19H18N4O2. The van der Waals surface area contributed by atoms with Crippen LogP contribution in [-0.4, -0.2) is 21.4 Å². The molecule has 3 aromatic rings.